The van der Waals surface area contributed by atoms with Gasteiger partial charge in [0.2, 0.25) is 0 Å². The molecule has 122 valence electrons. The normalized spacial score (nSPS) is 20.4. The van der Waals surface area contributed by atoms with Crippen LogP contribution >= 0.6 is 0 Å². The van der Waals surface area contributed by atoms with Crippen molar-refractivity contribution in [1.29, 1.82) is 0 Å². The van der Waals surface area contributed by atoms with Gasteiger partial charge in [0.15, 0.2) is 0 Å². The van der Waals surface area contributed by atoms with Crippen molar-refractivity contribution < 1.29 is 9.18 Å². The highest BCUT2D eigenvalue weighted by molar-refractivity contribution is 5.74. The molecule has 1 heterocycles. The van der Waals surface area contributed by atoms with E-state index in [4.69, 9.17) is 0 Å². The van der Waals surface area contributed by atoms with Gasteiger partial charge in [-0.3, -0.25) is 0 Å². The second-order valence-electron chi connectivity index (χ2n) is 7.45. The van der Waals surface area contributed by atoms with Gasteiger partial charge in [0.1, 0.15) is 5.82 Å². The number of benzene rings is 1. The molecular formula is C17H26FN3O. The topological polar surface area (TPSA) is 53.2 Å². The molecule has 0 aromatic heterocycles. The van der Waals surface area contributed by atoms with Gasteiger partial charge in [0, 0.05) is 23.7 Å². The molecule has 0 atom stereocenters. The predicted octanol–water partition coefficient (Wildman–Crippen LogP) is 2.93. The van der Waals surface area contributed by atoms with E-state index < -0.39 is 0 Å². The lowest BCUT2D eigenvalue weighted by Crippen LogP contribution is -2.62. The zero-order valence-electron chi connectivity index (χ0n) is 13.8. The number of hydrogen-bond acceptors (Lipinski definition) is 2. The molecule has 0 radical (unpaired) electrons. The summed E-state index contributed by atoms with van der Waals surface area (Å²) in [5, 5.41) is 9.41. The number of rotatable bonds is 3. The van der Waals surface area contributed by atoms with Gasteiger partial charge in [-0.1, -0.05) is 12.1 Å². The summed E-state index contributed by atoms with van der Waals surface area (Å²) in [6, 6.07) is 6.17. The van der Waals surface area contributed by atoms with E-state index in [2.05, 4.69) is 43.6 Å². The summed E-state index contributed by atoms with van der Waals surface area (Å²) in [4.78, 5) is 12.1. The van der Waals surface area contributed by atoms with Crippen LogP contribution in [0.2, 0.25) is 0 Å². The van der Waals surface area contributed by atoms with E-state index >= 15 is 0 Å². The minimum absolute atomic E-state index is 0.0117. The summed E-state index contributed by atoms with van der Waals surface area (Å²) in [6.07, 6.45) is 1.76. The van der Waals surface area contributed by atoms with Gasteiger partial charge >= 0.3 is 6.03 Å². The lowest BCUT2D eigenvalue weighted by molar-refractivity contribution is 0.147. The number of hydrogen-bond donors (Lipinski definition) is 3. The molecule has 4 nitrogen and oxygen atoms in total. The van der Waals surface area contributed by atoms with E-state index in [0.717, 1.165) is 18.4 Å². The quantitative estimate of drug-likeness (QED) is 0.804. The Bertz CT molecular complexity index is 526. The van der Waals surface area contributed by atoms with Crippen molar-refractivity contribution in [2.75, 3.05) is 0 Å². The third-order valence-electron chi connectivity index (χ3n) is 3.87. The molecule has 0 aliphatic carbocycles. The number of nitrogens with one attached hydrogen (secondary N) is 3. The maximum absolute atomic E-state index is 13.1. The highest BCUT2D eigenvalue weighted by atomic mass is 19.1. The molecule has 1 fully saturated rings. The third kappa shape index (κ3) is 4.98. The first-order chi connectivity index (χ1) is 10.2. The smallest absolute Gasteiger partial charge is 0.315 e. The zero-order valence-corrected chi connectivity index (χ0v) is 13.8. The van der Waals surface area contributed by atoms with Crippen LogP contribution in [0.3, 0.4) is 0 Å². The first-order valence-electron chi connectivity index (χ1n) is 7.73. The Labute approximate surface area is 131 Å². The summed E-state index contributed by atoms with van der Waals surface area (Å²) < 4.78 is 13.1. The van der Waals surface area contributed by atoms with Gasteiger partial charge in [-0.15, -0.1) is 0 Å². The average Bonchev–Trinajstić information content (AvgIpc) is 2.32. The van der Waals surface area contributed by atoms with Crippen LogP contribution in [0.5, 0.6) is 0 Å². The molecule has 1 aromatic carbocycles. The molecule has 0 bridgehead atoms. The standard InChI is InChI=1S/C17H26FN3O/c1-16(2)9-14(10-17(3,4)21-16)20-15(22)19-11-12-6-5-7-13(18)8-12/h5-8,14,21H,9-11H2,1-4H3,(H2,19,20,22). The number of piperidine rings is 1. The van der Waals surface area contributed by atoms with Crippen molar-refractivity contribution in [2.24, 2.45) is 0 Å². The van der Waals surface area contributed by atoms with E-state index in [1.165, 1.54) is 12.1 Å². The molecule has 1 aliphatic rings. The van der Waals surface area contributed by atoms with Gasteiger partial charge in [0.25, 0.3) is 0 Å². The molecule has 5 heteroatoms. The van der Waals surface area contributed by atoms with Crippen molar-refractivity contribution in [3.63, 3.8) is 0 Å². The summed E-state index contributed by atoms with van der Waals surface area (Å²) in [5.74, 6) is -0.290. The SMILES string of the molecule is CC1(C)CC(NC(=O)NCc2cccc(F)c2)CC(C)(C)N1. The Hall–Kier alpha value is -1.62. The first kappa shape index (κ1) is 16.7. The Balaban J connectivity index is 1.86. The fourth-order valence-corrected chi connectivity index (χ4v) is 3.49. The van der Waals surface area contributed by atoms with Gasteiger partial charge in [-0.25, -0.2) is 9.18 Å². The van der Waals surface area contributed by atoms with E-state index in [1.807, 2.05) is 0 Å². The molecule has 0 spiro atoms. The fraction of sp³-hybridized carbons (Fsp3) is 0.588. The first-order valence-corrected chi connectivity index (χ1v) is 7.73. The molecule has 1 aliphatic heterocycles. The zero-order chi connectivity index (χ0) is 16.4. The second kappa shape index (κ2) is 6.24. The van der Waals surface area contributed by atoms with Crippen LogP contribution in [0.4, 0.5) is 9.18 Å². The van der Waals surface area contributed by atoms with E-state index in [-0.39, 0.29) is 29.0 Å². The second-order valence-corrected chi connectivity index (χ2v) is 7.45. The lowest BCUT2D eigenvalue weighted by atomic mass is 9.80. The lowest BCUT2D eigenvalue weighted by Gasteiger charge is -2.46. The van der Waals surface area contributed by atoms with Crippen molar-refractivity contribution in [2.45, 2.75) is 64.2 Å². The van der Waals surface area contributed by atoms with Crippen LogP contribution in [0, 0.1) is 5.82 Å². The number of halogens is 1. The maximum Gasteiger partial charge on any atom is 0.315 e. The molecule has 2 rings (SSSR count). The number of carbonyl (C=O) groups is 1. The van der Waals surface area contributed by atoms with Crippen LogP contribution in [-0.4, -0.2) is 23.2 Å². The fourth-order valence-electron chi connectivity index (χ4n) is 3.49. The van der Waals surface area contributed by atoms with Crippen molar-refractivity contribution in [3.8, 4) is 0 Å². The summed E-state index contributed by atoms with van der Waals surface area (Å²) in [7, 11) is 0. The van der Waals surface area contributed by atoms with E-state index in [1.54, 1.807) is 12.1 Å². The maximum atomic E-state index is 13.1. The van der Waals surface area contributed by atoms with Gasteiger partial charge in [-0.05, 0) is 58.2 Å². The largest absolute Gasteiger partial charge is 0.335 e. The highest BCUT2D eigenvalue weighted by Gasteiger charge is 2.38. The van der Waals surface area contributed by atoms with E-state index in [0.29, 0.717) is 6.54 Å². The molecule has 1 saturated heterocycles. The van der Waals surface area contributed by atoms with Crippen LogP contribution < -0.4 is 16.0 Å². The Morgan fingerprint density at radius 1 is 1.27 bits per heavy atom. The van der Waals surface area contributed by atoms with Gasteiger partial charge < -0.3 is 16.0 Å². The molecule has 2 amide bonds. The van der Waals surface area contributed by atoms with Gasteiger partial charge in [-0.2, -0.15) is 0 Å². The van der Waals surface area contributed by atoms with Crippen LogP contribution in [0.15, 0.2) is 24.3 Å². The molecular weight excluding hydrogens is 281 g/mol. The number of amides is 2. The van der Waals surface area contributed by atoms with Crippen LogP contribution in [0.25, 0.3) is 0 Å². The summed E-state index contributed by atoms with van der Waals surface area (Å²) >= 11 is 0. The number of carbonyl (C=O) groups excluding carboxylic acids is 1. The molecule has 0 unspecified atom stereocenters. The third-order valence-corrected chi connectivity index (χ3v) is 3.87. The average molecular weight is 307 g/mol. The van der Waals surface area contributed by atoms with Gasteiger partial charge in [0.05, 0.1) is 0 Å². The molecule has 22 heavy (non-hydrogen) atoms. The monoisotopic (exact) mass is 307 g/mol. The van der Waals surface area contributed by atoms with Crippen LogP contribution in [-0.2, 0) is 6.54 Å². The number of urea groups is 1. The molecule has 1 aromatic rings. The Morgan fingerprint density at radius 3 is 2.50 bits per heavy atom. The Kier molecular flexibility index (Phi) is 4.75. The van der Waals surface area contributed by atoms with Crippen LogP contribution in [0.1, 0.15) is 46.1 Å². The molecule has 3 N–H and O–H groups in total. The predicted molar refractivity (Wildman–Crippen MR) is 86.1 cm³/mol. The van der Waals surface area contributed by atoms with E-state index in [9.17, 15) is 9.18 Å². The van der Waals surface area contributed by atoms with Crippen molar-refractivity contribution in [3.05, 3.63) is 35.6 Å². The van der Waals surface area contributed by atoms with Crippen molar-refractivity contribution >= 4 is 6.03 Å². The minimum atomic E-state index is -0.290. The summed E-state index contributed by atoms with van der Waals surface area (Å²) in [6.45, 7) is 8.91. The van der Waals surface area contributed by atoms with Crippen molar-refractivity contribution in [1.82, 2.24) is 16.0 Å². The Morgan fingerprint density at radius 2 is 1.91 bits per heavy atom. The minimum Gasteiger partial charge on any atom is -0.335 e. The summed E-state index contributed by atoms with van der Waals surface area (Å²) in [5.41, 5.74) is 0.728. The highest BCUT2D eigenvalue weighted by Crippen LogP contribution is 2.28. The molecule has 0 saturated carbocycles.